The number of hydrogen-bond acceptors (Lipinski definition) is 3. The fourth-order valence-corrected chi connectivity index (χ4v) is 4.41. The van der Waals surface area contributed by atoms with Gasteiger partial charge in [0.2, 0.25) is 5.91 Å². The molecular formula is C23H26N4OS. The Morgan fingerprint density at radius 2 is 2.07 bits per heavy atom. The lowest BCUT2D eigenvalue weighted by Crippen LogP contribution is -2.37. The smallest absolute Gasteiger partial charge is 0.240 e. The van der Waals surface area contributed by atoms with Crippen LogP contribution in [0.25, 0.3) is 11.4 Å². The quantitative estimate of drug-likeness (QED) is 0.609. The van der Waals surface area contributed by atoms with Crippen molar-refractivity contribution >= 4 is 18.1 Å². The average Bonchev–Trinajstić information content (AvgIpc) is 3.05. The average molecular weight is 407 g/mol. The highest BCUT2D eigenvalue weighted by molar-refractivity contribution is 7.71. The van der Waals surface area contributed by atoms with Crippen molar-refractivity contribution in [2.24, 2.45) is 0 Å². The van der Waals surface area contributed by atoms with Gasteiger partial charge in [0.05, 0.1) is 6.04 Å². The number of rotatable bonds is 4. The lowest BCUT2D eigenvalue weighted by molar-refractivity contribution is -0.122. The number of carbonyl (C=O) groups excluding carboxylic acids is 1. The predicted octanol–water partition coefficient (Wildman–Crippen LogP) is 4.85. The minimum Gasteiger partial charge on any atom is -0.348 e. The summed E-state index contributed by atoms with van der Waals surface area (Å²) in [5.41, 5.74) is 4.73. The van der Waals surface area contributed by atoms with Crippen LogP contribution in [0, 0.1) is 11.7 Å². The Hall–Kier alpha value is -2.73. The molecule has 29 heavy (non-hydrogen) atoms. The van der Waals surface area contributed by atoms with Crippen molar-refractivity contribution in [3.8, 4) is 11.4 Å². The van der Waals surface area contributed by atoms with Crippen molar-refractivity contribution in [1.82, 2.24) is 20.1 Å². The number of carbonyl (C=O) groups is 1. The maximum absolute atomic E-state index is 12.9. The van der Waals surface area contributed by atoms with Gasteiger partial charge in [-0.2, -0.15) is 5.10 Å². The van der Waals surface area contributed by atoms with E-state index in [-0.39, 0.29) is 23.9 Å². The van der Waals surface area contributed by atoms with Crippen LogP contribution in [0.4, 0.5) is 0 Å². The van der Waals surface area contributed by atoms with Crippen LogP contribution in [-0.2, 0) is 16.8 Å². The van der Waals surface area contributed by atoms with E-state index in [9.17, 15) is 4.79 Å². The number of aromatic nitrogens is 3. The number of benzene rings is 2. The highest BCUT2D eigenvalue weighted by Gasteiger charge is 2.33. The third kappa shape index (κ3) is 3.90. The van der Waals surface area contributed by atoms with Crippen LogP contribution in [-0.4, -0.2) is 20.7 Å². The zero-order chi connectivity index (χ0) is 20.6. The number of nitrogens with zero attached hydrogens (tertiary/aromatic N) is 2. The highest BCUT2D eigenvalue weighted by atomic mass is 32.1. The zero-order valence-electron chi connectivity index (χ0n) is 17.0. The van der Waals surface area contributed by atoms with Crippen LogP contribution >= 0.6 is 12.2 Å². The van der Waals surface area contributed by atoms with E-state index in [0.717, 1.165) is 24.0 Å². The van der Waals surface area contributed by atoms with Crippen LogP contribution in [0.1, 0.15) is 49.4 Å². The highest BCUT2D eigenvalue weighted by Crippen LogP contribution is 2.41. The second-order valence-electron chi connectivity index (χ2n) is 8.44. The van der Waals surface area contributed by atoms with Crippen molar-refractivity contribution in [3.05, 3.63) is 70.0 Å². The number of fused-ring (bicyclic) bond motifs is 1. The first-order valence-electron chi connectivity index (χ1n) is 9.96. The second kappa shape index (κ2) is 7.59. The summed E-state index contributed by atoms with van der Waals surface area (Å²) in [6.45, 7) is 6.70. The van der Waals surface area contributed by atoms with Gasteiger partial charge in [-0.3, -0.25) is 14.5 Å². The molecule has 0 fully saturated rings. The molecule has 0 spiro atoms. The first-order valence-corrected chi connectivity index (χ1v) is 10.4. The summed E-state index contributed by atoms with van der Waals surface area (Å²) in [5, 5.41) is 10.4. The molecule has 0 bridgehead atoms. The molecule has 150 valence electrons. The third-order valence-electron chi connectivity index (χ3n) is 5.79. The van der Waals surface area contributed by atoms with Crippen molar-refractivity contribution in [2.45, 2.75) is 51.6 Å². The summed E-state index contributed by atoms with van der Waals surface area (Å²) in [5.74, 6) is 0.620. The molecule has 1 atom stereocenters. The van der Waals surface area contributed by atoms with Crippen LogP contribution in [0.15, 0.2) is 48.5 Å². The van der Waals surface area contributed by atoms with Crippen LogP contribution < -0.4 is 5.32 Å². The summed E-state index contributed by atoms with van der Waals surface area (Å²) >= 11 is 5.39. The molecule has 4 rings (SSSR count). The van der Waals surface area contributed by atoms with Crippen molar-refractivity contribution in [2.75, 3.05) is 0 Å². The van der Waals surface area contributed by atoms with Crippen molar-refractivity contribution < 1.29 is 4.79 Å². The fraction of sp³-hybridized carbons (Fsp3) is 0.348. The molecule has 0 saturated carbocycles. The van der Waals surface area contributed by atoms with Gasteiger partial charge >= 0.3 is 0 Å². The Bertz CT molecular complexity index is 1110. The van der Waals surface area contributed by atoms with E-state index >= 15 is 0 Å². The lowest BCUT2D eigenvalue weighted by Gasteiger charge is -2.37. The van der Waals surface area contributed by atoms with E-state index in [4.69, 9.17) is 12.2 Å². The Labute approximate surface area is 176 Å². The van der Waals surface area contributed by atoms with E-state index in [1.165, 1.54) is 11.1 Å². The molecule has 2 aromatic carbocycles. The molecule has 5 nitrogen and oxygen atoms in total. The second-order valence-corrected chi connectivity index (χ2v) is 8.82. The van der Waals surface area contributed by atoms with E-state index in [1.54, 1.807) is 4.57 Å². The summed E-state index contributed by atoms with van der Waals surface area (Å²) in [6, 6.07) is 16.5. The van der Waals surface area contributed by atoms with Gasteiger partial charge in [-0.05, 0) is 54.6 Å². The van der Waals surface area contributed by atoms with Crippen molar-refractivity contribution in [1.29, 1.82) is 0 Å². The number of hydrogen-bond donors (Lipinski definition) is 2. The SMILES string of the molecule is Cc1cccc(-c2n[nH]c(=S)n2CC(=O)NC2CCC(C)(C)c3ccccc32)c1. The Morgan fingerprint density at radius 3 is 2.86 bits per heavy atom. The summed E-state index contributed by atoms with van der Waals surface area (Å²) in [7, 11) is 0. The number of aryl methyl sites for hydroxylation is 1. The third-order valence-corrected chi connectivity index (χ3v) is 6.11. The minimum absolute atomic E-state index is 0.0233. The van der Waals surface area contributed by atoms with E-state index in [1.807, 2.05) is 37.3 Å². The van der Waals surface area contributed by atoms with E-state index < -0.39 is 0 Å². The first kappa shape index (κ1) is 19.6. The standard InChI is InChI=1S/C23H26N4OS/c1-15-7-6-8-16(13-15)21-25-26-22(29)27(21)14-20(28)24-19-11-12-23(2,3)18-10-5-4-9-17(18)19/h4-10,13,19H,11-12,14H2,1-3H3,(H,24,28)(H,26,29). The molecular weight excluding hydrogens is 380 g/mol. The van der Waals surface area contributed by atoms with E-state index in [0.29, 0.717) is 10.6 Å². The normalized spacial score (nSPS) is 17.6. The fourth-order valence-electron chi connectivity index (χ4n) is 4.21. The monoisotopic (exact) mass is 406 g/mol. The minimum atomic E-state index is -0.0593. The molecule has 1 aromatic heterocycles. The van der Waals surface area contributed by atoms with Gasteiger partial charge in [0.1, 0.15) is 6.54 Å². The number of nitrogens with one attached hydrogen (secondary N) is 2. The largest absolute Gasteiger partial charge is 0.348 e. The van der Waals surface area contributed by atoms with Gasteiger partial charge in [-0.15, -0.1) is 0 Å². The molecule has 1 aliphatic carbocycles. The Kier molecular flexibility index (Phi) is 5.13. The Morgan fingerprint density at radius 1 is 1.28 bits per heavy atom. The van der Waals surface area contributed by atoms with E-state index in [2.05, 4.69) is 47.6 Å². The van der Waals surface area contributed by atoms with Gasteiger partial charge in [0.15, 0.2) is 10.6 Å². The molecule has 1 unspecified atom stereocenters. The van der Waals surface area contributed by atoms with Crippen LogP contribution in [0.3, 0.4) is 0 Å². The molecule has 0 radical (unpaired) electrons. The molecule has 1 heterocycles. The summed E-state index contributed by atoms with van der Waals surface area (Å²) in [6.07, 6.45) is 1.96. The Balaban J connectivity index is 1.56. The first-order chi connectivity index (χ1) is 13.8. The molecule has 2 N–H and O–H groups in total. The van der Waals surface area contributed by atoms with Gasteiger partial charge in [-0.1, -0.05) is 61.9 Å². The lowest BCUT2D eigenvalue weighted by atomic mass is 9.71. The van der Waals surface area contributed by atoms with Gasteiger partial charge in [-0.25, -0.2) is 0 Å². The molecule has 1 amide bonds. The number of amides is 1. The maximum Gasteiger partial charge on any atom is 0.240 e. The summed E-state index contributed by atoms with van der Waals surface area (Å²) in [4.78, 5) is 12.9. The van der Waals surface area contributed by atoms with Crippen LogP contribution in [0.2, 0.25) is 0 Å². The van der Waals surface area contributed by atoms with Gasteiger partial charge < -0.3 is 5.32 Å². The molecule has 1 aliphatic rings. The molecule has 6 heteroatoms. The van der Waals surface area contributed by atoms with Crippen molar-refractivity contribution in [3.63, 3.8) is 0 Å². The van der Waals surface area contributed by atoms with Gasteiger partial charge in [0.25, 0.3) is 0 Å². The summed E-state index contributed by atoms with van der Waals surface area (Å²) < 4.78 is 2.21. The molecule has 0 aliphatic heterocycles. The number of H-pyrrole nitrogens is 1. The molecule has 3 aromatic rings. The van der Waals surface area contributed by atoms with Gasteiger partial charge in [0, 0.05) is 5.56 Å². The number of aromatic amines is 1. The van der Waals surface area contributed by atoms with Crippen LogP contribution in [0.5, 0.6) is 0 Å². The zero-order valence-corrected chi connectivity index (χ0v) is 17.8. The maximum atomic E-state index is 12.9. The topological polar surface area (TPSA) is 62.7 Å². The predicted molar refractivity (Wildman–Crippen MR) is 117 cm³/mol. The molecule has 0 saturated heterocycles.